The zero-order valence-corrected chi connectivity index (χ0v) is 21.0. The number of carbonyl (C=O) groups excluding carboxylic acids is 1. The summed E-state index contributed by atoms with van der Waals surface area (Å²) < 4.78 is 26.6. The van der Waals surface area contributed by atoms with Crippen molar-refractivity contribution in [1.82, 2.24) is 19.4 Å². The number of aryl methyl sites for hydroxylation is 2. The van der Waals surface area contributed by atoms with E-state index in [1.807, 2.05) is 51.2 Å². The lowest BCUT2D eigenvalue weighted by Crippen LogP contribution is -2.30. The molecule has 0 aliphatic carbocycles. The van der Waals surface area contributed by atoms with Crippen LogP contribution < -0.4 is 0 Å². The number of rotatable bonds is 12. The maximum atomic E-state index is 12.6. The third-order valence-electron chi connectivity index (χ3n) is 5.96. The molecule has 182 valence electrons. The average molecular weight is 483 g/mol. The fourth-order valence-electron chi connectivity index (χ4n) is 3.86. The molecule has 0 radical (unpaired) electrons. The lowest BCUT2D eigenvalue weighted by atomic mass is 10.1. The van der Waals surface area contributed by atoms with Crippen LogP contribution in [0.25, 0.3) is 11.3 Å². The Labute approximate surface area is 202 Å². The number of benzene rings is 2. The minimum atomic E-state index is -3.46. The highest BCUT2D eigenvalue weighted by Crippen LogP contribution is 2.18. The lowest BCUT2D eigenvalue weighted by molar-refractivity contribution is -0.129. The van der Waals surface area contributed by atoms with Gasteiger partial charge in [0.05, 0.1) is 10.6 Å². The molecule has 0 aliphatic heterocycles. The Hall–Kier alpha value is -2.97. The molecule has 1 aromatic heterocycles. The van der Waals surface area contributed by atoms with E-state index in [1.54, 1.807) is 29.2 Å². The number of nitrogens with one attached hydrogen (secondary N) is 1. The molecule has 0 fully saturated rings. The number of aromatic nitrogens is 2. The number of aromatic amines is 1. The van der Waals surface area contributed by atoms with E-state index in [2.05, 4.69) is 16.3 Å². The van der Waals surface area contributed by atoms with Gasteiger partial charge in [-0.3, -0.25) is 9.89 Å². The minimum absolute atomic E-state index is 0.0782. The zero-order chi connectivity index (χ0) is 24.6. The van der Waals surface area contributed by atoms with Crippen molar-refractivity contribution >= 4 is 15.9 Å². The third-order valence-corrected chi connectivity index (χ3v) is 8.02. The largest absolute Gasteiger partial charge is 0.346 e. The van der Waals surface area contributed by atoms with Crippen LogP contribution in [0.1, 0.15) is 37.9 Å². The molecule has 2 aromatic carbocycles. The summed E-state index contributed by atoms with van der Waals surface area (Å²) >= 11 is 0. The molecule has 7 nitrogen and oxygen atoms in total. The molecule has 1 amide bonds. The number of H-pyrrole nitrogens is 1. The van der Waals surface area contributed by atoms with Crippen LogP contribution in [-0.4, -0.2) is 60.4 Å². The van der Waals surface area contributed by atoms with Gasteiger partial charge in [-0.05, 0) is 43.0 Å². The molecule has 1 N–H and O–H groups in total. The predicted molar refractivity (Wildman–Crippen MR) is 135 cm³/mol. The van der Waals surface area contributed by atoms with Crippen LogP contribution in [0.5, 0.6) is 0 Å². The van der Waals surface area contributed by atoms with E-state index in [9.17, 15) is 13.2 Å². The van der Waals surface area contributed by atoms with E-state index < -0.39 is 10.0 Å². The first-order valence-corrected chi connectivity index (χ1v) is 13.2. The summed E-state index contributed by atoms with van der Waals surface area (Å²) in [5.74, 6) is 0.0782. The molecule has 0 spiro atoms. The normalized spacial score (nSPS) is 11.6. The highest BCUT2D eigenvalue weighted by atomic mass is 32.2. The molecule has 34 heavy (non-hydrogen) atoms. The van der Waals surface area contributed by atoms with Gasteiger partial charge in [-0.2, -0.15) is 9.40 Å². The first kappa shape index (κ1) is 25.6. The summed E-state index contributed by atoms with van der Waals surface area (Å²) in [5.41, 5.74) is 4.01. The quantitative estimate of drug-likeness (QED) is 0.421. The van der Waals surface area contributed by atoms with E-state index >= 15 is 0 Å². The molecule has 1 heterocycles. The van der Waals surface area contributed by atoms with E-state index in [-0.39, 0.29) is 10.8 Å². The van der Waals surface area contributed by atoms with Gasteiger partial charge < -0.3 is 4.90 Å². The van der Waals surface area contributed by atoms with Crippen molar-refractivity contribution < 1.29 is 13.2 Å². The fourth-order valence-corrected chi connectivity index (χ4v) is 5.32. The van der Waals surface area contributed by atoms with E-state index in [1.165, 1.54) is 4.31 Å². The zero-order valence-electron chi connectivity index (χ0n) is 20.2. The van der Waals surface area contributed by atoms with Crippen LogP contribution in [0.15, 0.2) is 65.6 Å². The summed E-state index contributed by atoms with van der Waals surface area (Å²) in [7, 11) is -1.64. The van der Waals surface area contributed by atoms with Gasteiger partial charge in [-0.15, -0.1) is 0 Å². The third kappa shape index (κ3) is 6.55. The second-order valence-electron chi connectivity index (χ2n) is 8.30. The number of sulfonamides is 1. The van der Waals surface area contributed by atoms with E-state index in [4.69, 9.17) is 0 Å². The van der Waals surface area contributed by atoms with E-state index in [0.29, 0.717) is 32.5 Å². The summed E-state index contributed by atoms with van der Waals surface area (Å²) in [6.45, 7) is 5.20. The van der Waals surface area contributed by atoms with Crippen molar-refractivity contribution in [3.8, 4) is 11.3 Å². The Bertz CT molecular complexity index is 1150. The number of nitrogens with zero attached hydrogens (tertiary/aromatic N) is 3. The molecule has 0 saturated heterocycles. The number of amides is 1. The van der Waals surface area contributed by atoms with Crippen LogP contribution in [0.3, 0.4) is 0 Å². The van der Waals surface area contributed by atoms with Gasteiger partial charge in [0.2, 0.25) is 15.9 Å². The Balaban J connectivity index is 1.44. The molecule has 0 saturated carbocycles. The molecule has 3 rings (SSSR count). The molecule has 0 unspecified atom stereocenters. The van der Waals surface area contributed by atoms with Crippen LogP contribution >= 0.6 is 0 Å². The average Bonchev–Trinajstić information content (AvgIpc) is 3.33. The summed E-state index contributed by atoms with van der Waals surface area (Å²) in [5, 5.41) is 7.46. The van der Waals surface area contributed by atoms with Gasteiger partial charge in [0.25, 0.3) is 0 Å². The van der Waals surface area contributed by atoms with Crippen molar-refractivity contribution in [2.45, 2.75) is 44.4 Å². The number of carbonyl (C=O) groups is 1. The van der Waals surface area contributed by atoms with Crippen molar-refractivity contribution in [2.75, 3.05) is 26.7 Å². The SMILES string of the molecule is CCN(CC)S(=O)(=O)c1ccc(CCC(=O)N(C)CCCc2cc(-c3ccccc3)n[nH]2)cc1. The molecular formula is C26H34N4O3S. The molecule has 0 aliphatic rings. The first-order chi connectivity index (χ1) is 16.3. The van der Waals surface area contributed by atoms with Gasteiger partial charge >= 0.3 is 0 Å². The second-order valence-corrected chi connectivity index (χ2v) is 10.2. The molecule has 8 heteroatoms. The molecule has 3 aromatic rings. The lowest BCUT2D eigenvalue weighted by Gasteiger charge is -2.19. The molecular weight excluding hydrogens is 448 g/mol. The Morgan fingerprint density at radius 1 is 0.971 bits per heavy atom. The van der Waals surface area contributed by atoms with Gasteiger partial charge in [-0.1, -0.05) is 56.3 Å². The molecule has 0 atom stereocenters. The topological polar surface area (TPSA) is 86.4 Å². The van der Waals surface area contributed by atoms with Gasteiger partial charge in [0.1, 0.15) is 0 Å². The molecule has 0 bridgehead atoms. The summed E-state index contributed by atoms with van der Waals surface area (Å²) in [6.07, 6.45) is 2.63. The first-order valence-electron chi connectivity index (χ1n) is 11.8. The number of hydrogen-bond acceptors (Lipinski definition) is 4. The Morgan fingerprint density at radius 3 is 2.29 bits per heavy atom. The monoisotopic (exact) mass is 482 g/mol. The predicted octanol–water partition coefficient (Wildman–Crippen LogP) is 4.13. The summed E-state index contributed by atoms with van der Waals surface area (Å²) in [6, 6.07) is 18.9. The maximum absolute atomic E-state index is 12.6. The van der Waals surface area contributed by atoms with Crippen molar-refractivity contribution in [3.05, 3.63) is 71.9 Å². The van der Waals surface area contributed by atoms with Crippen molar-refractivity contribution in [2.24, 2.45) is 0 Å². The second kappa shape index (κ2) is 11.9. The maximum Gasteiger partial charge on any atom is 0.243 e. The van der Waals surface area contributed by atoms with Gasteiger partial charge in [0, 0.05) is 44.4 Å². The number of hydrogen-bond donors (Lipinski definition) is 1. The Kier molecular flexibility index (Phi) is 9.01. The Morgan fingerprint density at radius 2 is 1.65 bits per heavy atom. The van der Waals surface area contributed by atoms with Crippen molar-refractivity contribution in [1.29, 1.82) is 0 Å². The highest BCUT2D eigenvalue weighted by Gasteiger charge is 2.21. The van der Waals surface area contributed by atoms with Crippen molar-refractivity contribution in [3.63, 3.8) is 0 Å². The van der Waals surface area contributed by atoms with Crippen LogP contribution in [0, 0.1) is 0 Å². The highest BCUT2D eigenvalue weighted by molar-refractivity contribution is 7.89. The smallest absolute Gasteiger partial charge is 0.243 e. The minimum Gasteiger partial charge on any atom is -0.346 e. The van der Waals surface area contributed by atoms with E-state index in [0.717, 1.165) is 35.4 Å². The van der Waals surface area contributed by atoms with Crippen LogP contribution in [0.2, 0.25) is 0 Å². The van der Waals surface area contributed by atoms with Crippen LogP contribution in [0.4, 0.5) is 0 Å². The van der Waals surface area contributed by atoms with Crippen LogP contribution in [-0.2, 0) is 27.7 Å². The van der Waals surface area contributed by atoms with Gasteiger partial charge in [-0.25, -0.2) is 8.42 Å². The van der Waals surface area contributed by atoms with Gasteiger partial charge in [0.15, 0.2) is 0 Å². The fraction of sp³-hybridized carbons (Fsp3) is 0.385. The standard InChI is InChI=1S/C26H34N4O3S/c1-4-30(5-2)34(32,33)24-16-13-21(14-17-24)15-18-26(31)29(3)19-9-12-23-20-25(28-27-23)22-10-7-6-8-11-22/h6-8,10-11,13-14,16-17,20H,4-5,9,12,15,18-19H2,1-3H3,(H,27,28). The summed E-state index contributed by atoms with van der Waals surface area (Å²) in [4.78, 5) is 14.6.